The lowest BCUT2D eigenvalue weighted by Gasteiger charge is -2.15. The lowest BCUT2D eigenvalue weighted by atomic mass is 9.89. The van der Waals surface area contributed by atoms with Crippen molar-refractivity contribution >= 4 is 0 Å². The van der Waals surface area contributed by atoms with Gasteiger partial charge in [-0.3, -0.25) is 0 Å². The van der Waals surface area contributed by atoms with Gasteiger partial charge in [0, 0.05) is 19.2 Å². The molecule has 5 nitrogen and oxygen atoms in total. The number of hydrogen-bond donors (Lipinski definition) is 1. The minimum atomic E-state index is -0.0425. The smallest absolute Gasteiger partial charge is 0.231 e. The molecule has 1 aromatic rings. The van der Waals surface area contributed by atoms with Gasteiger partial charge in [-0.1, -0.05) is 12.1 Å². The van der Waals surface area contributed by atoms with E-state index in [9.17, 15) is 0 Å². The van der Waals surface area contributed by atoms with E-state index < -0.39 is 0 Å². The topological polar surface area (TPSA) is 60.2 Å². The maximum absolute atomic E-state index is 5.40. The normalized spacial score (nSPS) is 33.2. The quantitative estimate of drug-likeness (QED) is 0.864. The Labute approximate surface area is 101 Å². The van der Waals surface area contributed by atoms with Crippen molar-refractivity contribution < 1.29 is 9.26 Å². The Morgan fingerprint density at radius 1 is 1.53 bits per heavy atom. The van der Waals surface area contributed by atoms with Crippen LogP contribution < -0.4 is 5.32 Å². The number of nitrogens with zero attached hydrogens (tertiary/aromatic N) is 2. The fourth-order valence-corrected chi connectivity index (χ4v) is 3.08. The molecule has 3 heterocycles. The molecule has 4 unspecified atom stereocenters. The van der Waals surface area contributed by atoms with Crippen molar-refractivity contribution in [1.29, 1.82) is 0 Å². The van der Waals surface area contributed by atoms with Crippen molar-refractivity contribution in [2.45, 2.75) is 56.7 Å². The molecule has 4 atom stereocenters. The average molecular weight is 237 g/mol. The van der Waals surface area contributed by atoms with Gasteiger partial charge < -0.3 is 14.6 Å². The Morgan fingerprint density at radius 2 is 2.41 bits per heavy atom. The Hall–Kier alpha value is -0.940. The molecule has 0 radical (unpaired) electrons. The standard InChI is InChI=1S/C12H19N3O2/c1-3-10(16-2)11-14-12(17-15-11)8-6-7-4-5-9(8)13-7/h7-10,13H,3-6H2,1-2H3. The van der Waals surface area contributed by atoms with E-state index in [0.717, 1.165) is 18.7 Å². The SMILES string of the molecule is CCC(OC)c1noc(C2CC3CCC2N3)n1. The predicted octanol–water partition coefficient (Wildman–Crippen LogP) is 1.77. The largest absolute Gasteiger partial charge is 0.373 e. The first kappa shape index (κ1) is 11.2. The zero-order valence-corrected chi connectivity index (χ0v) is 10.3. The lowest BCUT2D eigenvalue weighted by Crippen LogP contribution is -2.21. The molecule has 94 valence electrons. The van der Waals surface area contributed by atoms with Crippen LogP contribution in [0, 0.1) is 0 Å². The van der Waals surface area contributed by atoms with Crippen LogP contribution >= 0.6 is 0 Å². The van der Waals surface area contributed by atoms with Crippen LogP contribution in [0.1, 0.15) is 56.3 Å². The van der Waals surface area contributed by atoms with Crippen LogP contribution in [-0.4, -0.2) is 29.3 Å². The van der Waals surface area contributed by atoms with Crippen LogP contribution in [0.15, 0.2) is 4.52 Å². The fraction of sp³-hybridized carbons (Fsp3) is 0.833. The van der Waals surface area contributed by atoms with E-state index in [1.807, 2.05) is 0 Å². The summed E-state index contributed by atoms with van der Waals surface area (Å²) in [5.74, 6) is 1.88. The summed E-state index contributed by atoms with van der Waals surface area (Å²) in [6, 6.07) is 1.20. The molecule has 0 saturated carbocycles. The van der Waals surface area contributed by atoms with Crippen LogP contribution in [0.2, 0.25) is 0 Å². The molecule has 0 spiro atoms. The summed E-state index contributed by atoms with van der Waals surface area (Å²) < 4.78 is 10.7. The second-order valence-corrected chi connectivity index (χ2v) is 5.01. The van der Waals surface area contributed by atoms with Gasteiger partial charge in [0.1, 0.15) is 6.10 Å². The first-order valence-corrected chi connectivity index (χ1v) is 6.44. The van der Waals surface area contributed by atoms with Gasteiger partial charge >= 0.3 is 0 Å². The third-order valence-electron chi connectivity index (χ3n) is 4.02. The van der Waals surface area contributed by atoms with Gasteiger partial charge in [0.15, 0.2) is 0 Å². The zero-order valence-electron chi connectivity index (χ0n) is 10.3. The highest BCUT2D eigenvalue weighted by molar-refractivity contribution is 5.10. The number of fused-ring (bicyclic) bond motifs is 2. The summed E-state index contributed by atoms with van der Waals surface area (Å²) >= 11 is 0. The van der Waals surface area contributed by atoms with Crippen molar-refractivity contribution in [3.8, 4) is 0 Å². The van der Waals surface area contributed by atoms with Crippen LogP contribution in [-0.2, 0) is 4.74 Å². The minimum Gasteiger partial charge on any atom is -0.373 e. The summed E-state index contributed by atoms with van der Waals surface area (Å²) in [5.41, 5.74) is 0. The van der Waals surface area contributed by atoms with Gasteiger partial charge in [-0.05, 0) is 25.7 Å². The van der Waals surface area contributed by atoms with Crippen molar-refractivity contribution in [2.24, 2.45) is 0 Å². The summed E-state index contributed by atoms with van der Waals surface area (Å²) in [6.07, 6.45) is 4.48. The molecule has 1 N–H and O–H groups in total. The fourth-order valence-electron chi connectivity index (χ4n) is 3.08. The molecular weight excluding hydrogens is 218 g/mol. The molecule has 2 fully saturated rings. The number of nitrogens with one attached hydrogen (secondary N) is 1. The molecule has 1 aromatic heterocycles. The van der Waals surface area contributed by atoms with Gasteiger partial charge in [0.2, 0.25) is 11.7 Å². The third-order valence-corrected chi connectivity index (χ3v) is 4.02. The van der Waals surface area contributed by atoms with E-state index in [2.05, 4.69) is 22.4 Å². The maximum atomic E-state index is 5.40. The van der Waals surface area contributed by atoms with Crippen molar-refractivity contribution in [3.05, 3.63) is 11.7 Å². The van der Waals surface area contributed by atoms with Gasteiger partial charge in [-0.25, -0.2) is 0 Å². The Kier molecular flexibility index (Phi) is 2.88. The zero-order chi connectivity index (χ0) is 11.8. The second-order valence-electron chi connectivity index (χ2n) is 5.01. The number of hydrogen-bond acceptors (Lipinski definition) is 5. The Bertz CT molecular complexity index is 389. The third kappa shape index (κ3) is 1.87. The number of aromatic nitrogens is 2. The second kappa shape index (κ2) is 4.38. The van der Waals surface area contributed by atoms with Crippen LogP contribution in [0.4, 0.5) is 0 Å². The van der Waals surface area contributed by atoms with E-state index >= 15 is 0 Å². The molecule has 2 aliphatic heterocycles. The van der Waals surface area contributed by atoms with E-state index in [0.29, 0.717) is 23.8 Å². The lowest BCUT2D eigenvalue weighted by molar-refractivity contribution is 0.0903. The summed E-state index contributed by atoms with van der Waals surface area (Å²) in [7, 11) is 1.68. The molecular formula is C12H19N3O2. The average Bonchev–Trinajstić information content (AvgIpc) is 3.06. The van der Waals surface area contributed by atoms with Gasteiger partial charge in [0.25, 0.3) is 0 Å². The first-order chi connectivity index (χ1) is 8.31. The Balaban J connectivity index is 1.76. The number of methoxy groups -OCH3 is 1. The molecule has 5 heteroatoms. The van der Waals surface area contributed by atoms with Crippen molar-refractivity contribution in [2.75, 3.05) is 7.11 Å². The number of ether oxygens (including phenoxy) is 1. The summed E-state index contributed by atoms with van der Waals surface area (Å²) in [5, 5.41) is 7.63. The van der Waals surface area contributed by atoms with Crippen molar-refractivity contribution in [3.63, 3.8) is 0 Å². The molecule has 2 saturated heterocycles. The molecule has 0 aromatic carbocycles. The first-order valence-electron chi connectivity index (χ1n) is 6.44. The molecule has 0 amide bonds. The van der Waals surface area contributed by atoms with Crippen molar-refractivity contribution in [1.82, 2.24) is 15.5 Å². The summed E-state index contributed by atoms with van der Waals surface area (Å²) in [6.45, 7) is 2.06. The van der Waals surface area contributed by atoms with Crippen LogP contribution in [0.3, 0.4) is 0 Å². The van der Waals surface area contributed by atoms with E-state index in [4.69, 9.17) is 9.26 Å². The van der Waals surface area contributed by atoms with E-state index in [1.54, 1.807) is 7.11 Å². The van der Waals surface area contributed by atoms with E-state index in [-0.39, 0.29) is 6.10 Å². The predicted molar refractivity (Wildman–Crippen MR) is 61.6 cm³/mol. The summed E-state index contributed by atoms with van der Waals surface area (Å²) in [4.78, 5) is 4.51. The molecule has 0 aliphatic carbocycles. The number of rotatable bonds is 4. The monoisotopic (exact) mass is 237 g/mol. The highest BCUT2D eigenvalue weighted by atomic mass is 16.5. The van der Waals surface area contributed by atoms with Gasteiger partial charge in [-0.2, -0.15) is 4.98 Å². The molecule has 17 heavy (non-hydrogen) atoms. The van der Waals surface area contributed by atoms with Crippen LogP contribution in [0.5, 0.6) is 0 Å². The van der Waals surface area contributed by atoms with Gasteiger partial charge in [0.05, 0.1) is 5.92 Å². The molecule has 2 aliphatic rings. The van der Waals surface area contributed by atoms with E-state index in [1.165, 1.54) is 12.8 Å². The van der Waals surface area contributed by atoms with Crippen LogP contribution in [0.25, 0.3) is 0 Å². The molecule has 2 bridgehead atoms. The maximum Gasteiger partial charge on any atom is 0.231 e. The minimum absolute atomic E-state index is 0.0425. The highest BCUT2D eigenvalue weighted by Gasteiger charge is 2.42. The molecule has 3 rings (SSSR count). The Morgan fingerprint density at radius 3 is 3.00 bits per heavy atom. The van der Waals surface area contributed by atoms with Gasteiger partial charge in [-0.15, -0.1) is 0 Å². The highest BCUT2D eigenvalue weighted by Crippen LogP contribution is 2.39.